The van der Waals surface area contributed by atoms with Gasteiger partial charge in [-0.05, 0) is 41.1 Å². The van der Waals surface area contributed by atoms with Crippen LogP contribution in [0.2, 0.25) is 0 Å². The molecule has 15 heavy (non-hydrogen) atoms. The first kappa shape index (κ1) is 12.1. The molecule has 0 saturated carbocycles. The van der Waals surface area contributed by atoms with Crippen LogP contribution in [0.1, 0.15) is 17.3 Å². The summed E-state index contributed by atoms with van der Waals surface area (Å²) in [7, 11) is 0. The summed E-state index contributed by atoms with van der Waals surface area (Å²) < 4.78 is 13.1. The highest BCUT2D eigenvalue weighted by Gasteiger charge is 2.10. The van der Waals surface area contributed by atoms with Gasteiger partial charge in [-0.3, -0.25) is 4.79 Å². The molecule has 1 amide bonds. The summed E-state index contributed by atoms with van der Waals surface area (Å²) in [4.78, 5) is 11.5. The van der Waals surface area contributed by atoms with Crippen LogP contribution in [0, 0.1) is 5.82 Å². The number of nitrogens with one attached hydrogen (secondary N) is 1. The molecular weight excluding hydrogens is 265 g/mol. The molecule has 0 spiro atoms. The predicted octanol–water partition coefficient (Wildman–Crippen LogP) is 1.70. The van der Waals surface area contributed by atoms with Crippen molar-refractivity contribution in [3.05, 3.63) is 34.1 Å². The highest BCUT2D eigenvalue weighted by Crippen LogP contribution is 2.16. The van der Waals surface area contributed by atoms with Crippen molar-refractivity contribution in [2.45, 2.75) is 13.0 Å². The molecule has 2 N–H and O–H groups in total. The lowest BCUT2D eigenvalue weighted by atomic mass is 10.2. The van der Waals surface area contributed by atoms with Gasteiger partial charge in [0.25, 0.3) is 5.91 Å². The molecule has 1 rings (SSSR count). The van der Waals surface area contributed by atoms with E-state index < -0.39 is 5.82 Å². The molecule has 0 aliphatic rings. The maximum atomic E-state index is 12.9. The number of halogens is 2. The SMILES string of the molecule is C[C@H](CO)NC(=O)c1ccc(F)c(Br)c1. The fraction of sp³-hybridized carbons (Fsp3) is 0.300. The van der Waals surface area contributed by atoms with Crippen LogP contribution in [0.5, 0.6) is 0 Å². The zero-order valence-electron chi connectivity index (χ0n) is 8.13. The van der Waals surface area contributed by atoms with Crippen LogP contribution in [0.15, 0.2) is 22.7 Å². The Kier molecular flexibility index (Phi) is 4.23. The van der Waals surface area contributed by atoms with Crippen LogP contribution in [0.25, 0.3) is 0 Å². The second-order valence-electron chi connectivity index (χ2n) is 3.19. The van der Waals surface area contributed by atoms with Crippen LogP contribution in [0.3, 0.4) is 0 Å². The Morgan fingerprint density at radius 2 is 2.33 bits per heavy atom. The molecule has 1 atom stereocenters. The number of hydrogen-bond donors (Lipinski definition) is 2. The second-order valence-corrected chi connectivity index (χ2v) is 4.04. The number of aliphatic hydroxyl groups is 1. The smallest absolute Gasteiger partial charge is 0.251 e. The first-order chi connectivity index (χ1) is 7.04. The third-order valence-electron chi connectivity index (χ3n) is 1.83. The molecular formula is C10H11BrFNO2. The first-order valence-corrected chi connectivity index (χ1v) is 5.20. The third kappa shape index (κ3) is 3.28. The number of aliphatic hydroxyl groups excluding tert-OH is 1. The monoisotopic (exact) mass is 275 g/mol. The standard InChI is InChI=1S/C10H11BrFNO2/c1-6(5-14)13-10(15)7-2-3-9(12)8(11)4-7/h2-4,6,14H,5H2,1H3,(H,13,15)/t6-/m1/s1. The van der Waals surface area contributed by atoms with Crippen molar-refractivity contribution in [3.63, 3.8) is 0 Å². The van der Waals surface area contributed by atoms with Crippen LogP contribution >= 0.6 is 15.9 Å². The first-order valence-electron chi connectivity index (χ1n) is 4.41. The molecule has 0 saturated heterocycles. The molecule has 0 aromatic heterocycles. The van der Waals surface area contributed by atoms with E-state index in [0.717, 1.165) is 0 Å². The Morgan fingerprint density at radius 3 is 2.87 bits per heavy atom. The molecule has 0 bridgehead atoms. The van der Waals surface area contributed by atoms with Crippen LogP contribution in [-0.2, 0) is 0 Å². The van der Waals surface area contributed by atoms with Gasteiger partial charge in [-0.1, -0.05) is 0 Å². The number of rotatable bonds is 3. The summed E-state index contributed by atoms with van der Waals surface area (Å²) in [6, 6.07) is 3.68. The zero-order chi connectivity index (χ0) is 11.4. The van der Waals surface area contributed by atoms with E-state index in [2.05, 4.69) is 21.2 Å². The minimum atomic E-state index is -0.415. The van der Waals surface area contributed by atoms with Crippen LogP contribution < -0.4 is 5.32 Å². The number of carbonyl (C=O) groups is 1. The minimum absolute atomic E-state index is 0.131. The van der Waals surface area contributed by atoms with Gasteiger partial charge in [-0.2, -0.15) is 0 Å². The van der Waals surface area contributed by atoms with Crippen molar-refractivity contribution >= 4 is 21.8 Å². The summed E-state index contributed by atoms with van der Waals surface area (Å²) in [6.07, 6.45) is 0. The molecule has 82 valence electrons. The lowest BCUT2D eigenvalue weighted by Gasteiger charge is -2.10. The van der Waals surface area contributed by atoms with Gasteiger partial charge in [0.1, 0.15) is 5.82 Å². The highest BCUT2D eigenvalue weighted by molar-refractivity contribution is 9.10. The van der Waals surface area contributed by atoms with E-state index in [-0.39, 0.29) is 23.0 Å². The quantitative estimate of drug-likeness (QED) is 0.882. The average molecular weight is 276 g/mol. The van der Waals surface area contributed by atoms with Crippen LogP contribution in [0.4, 0.5) is 4.39 Å². The number of carbonyl (C=O) groups excluding carboxylic acids is 1. The van der Waals surface area contributed by atoms with Crippen molar-refractivity contribution in [2.75, 3.05) is 6.61 Å². The Morgan fingerprint density at radius 1 is 1.67 bits per heavy atom. The zero-order valence-corrected chi connectivity index (χ0v) is 9.71. The van der Waals surface area contributed by atoms with Gasteiger partial charge in [-0.25, -0.2) is 4.39 Å². The Bertz CT molecular complexity index is 370. The summed E-state index contributed by atoms with van der Waals surface area (Å²) in [5, 5.41) is 11.3. The summed E-state index contributed by atoms with van der Waals surface area (Å²) >= 11 is 2.99. The van der Waals surface area contributed by atoms with Crippen LogP contribution in [-0.4, -0.2) is 23.7 Å². The Labute approximate surface area is 95.4 Å². The molecule has 0 aliphatic carbocycles. The fourth-order valence-corrected chi connectivity index (χ4v) is 1.37. The highest BCUT2D eigenvalue weighted by atomic mass is 79.9. The lowest BCUT2D eigenvalue weighted by Crippen LogP contribution is -2.34. The molecule has 0 radical (unpaired) electrons. The second kappa shape index (κ2) is 5.23. The van der Waals surface area contributed by atoms with E-state index >= 15 is 0 Å². The summed E-state index contributed by atoms with van der Waals surface area (Å²) in [5.41, 5.74) is 0.351. The fourth-order valence-electron chi connectivity index (χ4n) is 0.990. The topological polar surface area (TPSA) is 49.3 Å². The van der Waals surface area contributed by atoms with E-state index in [1.807, 2.05) is 0 Å². The lowest BCUT2D eigenvalue weighted by molar-refractivity contribution is 0.0922. The minimum Gasteiger partial charge on any atom is -0.394 e. The van der Waals surface area contributed by atoms with Crippen molar-refractivity contribution < 1.29 is 14.3 Å². The van der Waals surface area contributed by atoms with Crippen molar-refractivity contribution in [1.82, 2.24) is 5.32 Å². The maximum Gasteiger partial charge on any atom is 0.251 e. The Balaban J connectivity index is 2.78. The van der Waals surface area contributed by atoms with Gasteiger partial charge < -0.3 is 10.4 Å². The molecule has 0 heterocycles. The molecule has 1 aromatic carbocycles. The normalized spacial score (nSPS) is 12.3. The van der Waals surface area contributed by atoms with E-state index in [1.165, 1.54) is 18.2 Å². The van der Waals surface area contributed by atoms with E-state index in [9.17, 15) is 9.18 Å². The van der Waals surface area contributed by atoms with Gasteiger partial charge in [-0.15, -0.1) is 0 Å². The van der Waals surface area contributed by atoms with E-state index in [4.69, 9.17) is 5.11 Å². The largest absolute Gasteiger partial charge is 0.394 e. The molecule has 0 unspecified atom stereocenters. The number of hydrogen-bond acceptors (Lipinski definition) is 2. The van der Waals surface area contributed by atoms with E-state index in [0.29, 0.717) is 5.56 Å². The third-order valence-corrected chi connectivity index (χ3v) is 2.44. The predicted molar refractivity (Wildman–Crippen MR) is 58.1 cm³/mol. The van der Waals surface area contributed by atoms with Crippen molar-refractivity contribution in [2.24, 2.45) is 0 Å². The van der Waals surface area contributed by atoms with E-state index in [1.54, 1.807) is 6.92 Å². The number of amides is 1. The van der Waals surface area contributed by atoms with Crippen molar-refractivity contribution in [3.8, 4) is 0 Å². The van der Waals surface area contributed by atoms with Gasteiger partial charge in [0.05, 0.1) is 11.1 Å². The van der Waals surface area contributed by atoms with Gasteiger partial charge in [0.2, 0.25) is 0 Å². The molecule has 0 aliphatic heterocycles. The summed E-state index contributed by atoms with van der Waals surface area (Å²) in [6.45, 7) is 1.55. The van der Waals surface area contributed by atoms with Gasteiger partial charge >= 0.3 is 0 Å². The number of benzene rings is 1. The summed E-state index contributed by atoms with van der Waals surface area (Å²) in [5.74, 6) is -0.751. The molecule has 5 heteroatoms. The Hall–Kier alpha value is -0.940. The molecule has 0 fully saturated rings. The maximum absolute atomic E-state index is 12.9. The average Bonchev–Trinajstić information content (AvgIpc) is 2.21. The van der Waals surface area contributed by atoms with Crippen molar-refractivity contribution in [1.29, 1.82) is 0 Å². The van der Waals surface area contributed by atoms with Gasteiger partial charge in [0.15, 0.2) is 0 Å². The van der Waals surface area contributed by atoms with Gasteiger partial charge in [0, 0.05) is 11.6 Å². The molecule has 3 nitrogen and oxygen atoms in total. The molecule has 1 aromatic rings.